The average molecular weight is 236 g/mol. The Kier molecular flexibility index (Phi) is 4.52. The van der Waals surface area contributed by atoms with Crippen LogP contribution in [0.25, 0.3) is 0 Å². The summed E-state index contributed by atoms with van der Waals surface area (Å²) in [5.74, 6) is 0. The molecule has 0 spiro atoms. The fourth-order valence-electron chi connectivity index (χ4n) is 1.30. The molecule has 1 atom stereocenters. The highest BCUT2D eigenvalue weighted by atomic mass is 16.6. The van der Waals surface area contributed by atoms with E-state index in [1.54, 1.807) is 0 Å². The van der Waals surface area contributed by atoms with E-state index in [4.69, 9.17) is 4.74 Å². The van der Waals surface area contributed by atoms with Crippen LogP contribution in [-0.4, -0.2) is 11.7 Å². The molecular formula is C13H20N2O2. The van der Waals surface area contributed by atoms with E-state index in [1.807, 2.05) is 58.0 Å². The second-order valence-electron chi connectivity index (χ2n) is 4.90. The smallest absolute Gasteiger partial charge is 0.422 e. The molecule has 0 radical (unpaired) electrons. The van der Waals surface area contributed by atoms with E-state index in [9.17, 15) is 4.79 Å². The van der Waals surface area contributed by atoms with E-state index in [2.05, 4.69) is 10.9 Å². The molecule has 17 heavy (non-hydrogen) atoms. The molecule has 0 aliphatic carbocycles. The van der Waals surface area contributed by atoms with Crippen molar-refractivity contribution >= 4 is 6.09 Å². The number of carbonyl (C=O) groups excluding carboxylic acids is 1. The molecule has 1 aromatic rings. The molecule has 94 valence electrons. The van der Waals surface area contributed by atoms with Crippen molar-refractivity contribution in [2.75, 3.05) is 0 Å². The summed E-state index contributed by atoms with van der Waals surface area (Å²) >= 11 is 0. The number of amides is 1. The van der Waals surface area contributed by atoms with Crippen molar-refractivity contribution in [3.63, 3.8) is 0 Å². The van der Waals surface area contributed by atoms with Gasteiger partial charge in [-0.1, -0.05) is 30.3 Å². The number of benzene rings is 1. The van der Waals surface area contributed by atoms with Gasteiger partial charge in [-0.15, -0.1) is 0 Å². The first-order chi connectivity index (χ1) is 7.88. The van der Waals surface area contributed by atoms with Crippen LogP contribution >= 0.6 is 0 Å². The molecule has 0 fully saturated rings. The third-order valence-electron chi connectivity index (χ3n) is 2.09. The third-order valence-corrected chi connectivity index (χ3v) is 2.09. The van der Waals surface area contributed by atoms with Crippen molar-refractivity contribution in [3.05, 3.63) is 35.9 Å². The maximum absolute atomic E-state index is 11.4. The zero-order valence-electron chi connectivity index (χ0n) is 10.8. The van der Waals surface area contributed by atoms with Gasteiger partial charge in [-0.25, -0.2) is 10.2 Å². The highest BCUT2D eigenvalue weighted by molar-refractivity contribution is 5.67. The van der Waals surface area contributed by atoms with Crippen LogP contribution in [0.15, 0.2) is 30.3 Å². The standard InChI is InChI=1S/C13H20N2O2/c1-10(11-8-6-5-7-9-11)14-15-12(16)17-13(2,3)4/h5-10,14H,1-4H3,(H,15,16). The summed E-state index contributed by atoms with van der Waals surface area (Å²) in [6.45, 7) is 7.44. The minimum absolute atomic E-state index is 0.0312. The van der Waals surface area contributed by atoms with E-state index in [-0.39, 0.29) is 6.04 Å². The lowest BCUT2D eigenvalue weighted by molar-refractivity contribution is 0.0489. The maximum atomic E-state index is 11.4. The molecule has 1 aromatic carbocycles. The van der Waals surface area contributed by atoms with Crippen molar-refractivity contribution in [1.82, 2.24) is 10.9 Å². The molecule has 0 saturated carbocycles. The fraction of sp³-hybridized carbons (Fsp3) is 0.462. The van der Waals surface area contributed by atoms with Gasteiger partial charge in [-0.3, -0.25) is 5.43 Å². The number of ether oxygens (including phenoxy) is 1. The average Bonchev–Trinajstić information content (AvgIpc) is 2.25. The zero-order valence-corrected chi connectivity index (χ0v) is 10.8. The predicted molar refractivity (Wildman–Crippen MR) is 67.4 cm³/mol. The maximum Gasteiger partial charge on any atom is 0.422 e. The van der Waals surface area contributed by atoms with Crippen LogP contribution in [0.5, 0.6) is 0 Å². The van der Waals surface area contributed by atoms with E-state index in [0.717, 1.165) is 5.56 Å². The first kappa shape index (κ1) is 13.5. The minimum Gasteiger partial charge on any atom is -0.443 e. The first-order valence-electron chi connectivity index (χ1n) is 5.68. The summed E-state index contributed by atoms with van der Waals surface area (Å²) < 4.78 is 5.11. The highest BCUT2D eigenvalue weighted by Crippen LogP contribution is 2.10. The number of carbonyl (C=O) groups is 1. The molecule has 0 bridgehead atoms. The van der Waals surface area contributed by atoms with Crippen molar-refractivity contribution in [3.8, 4) is 0 Å². The van der Waals surface area contributed by atoms with Gasteiger partial charge in [0.2, 0.25) is 0 Å². The highest BCUT2D eigenvalue weighted by Gasteiger charge is 2.16. The second kappa shape index (κ2) is 5.68. The Labute approximate surface area is 102 Å². The molecule has 1 unspecified atom stereocenters. The molecule has 0 aliphatic heterocycles. The van der Waals surface area contributed by atoms with Gasteiger partial charge in [0, 0.05) is 6.04 Å². The van der Waals surface area contributed by atoms with Crippen LogP contribution in [0.1, 0.15) is 39.3 Å². The van der Waals surface area contributed by atoms with Crippen LogP contribution in [0.3, 0.4) is 0 Å². The number of hydrazine groups is 1. The summed E-state index contributed by atoms with van der Waals surface area (Å²) in [7, 11) is 0. The summed E-state index contributed by atoms with van der Waals surface area (Å²) in [5, 5.41) is 0. The molecule has 0 aliphatic rings. The Hall–Kier alpha value is -1.55. The van der Waals surface area contributed by atoms with Gasteiger partial charge in [0.25, 0.3) is 0 Å². The predicted octanol–water partition coefficient (Wildman–Crippen LogP) is 2.78. The lowest BCUT2D eigenvalue weighted by Crippen LogP contribution is -2.42. The minimum atomic E-state index is -0.484. The van der Waals surface area contributed by atoms with Gasteiger partial charge in [-0.2, -0.15) is 0 Å². The van der Waals surface area contributed by atoms with E-state index < -0.39 is 11.7 Å². The molecule has 0 saturated heterocycles. The van der Waals surface area contributed by atoms with Crippen LogP contribution in [0, 0.1) is 0 Å². The number of hydrogen-bond donors (Lipinski definition) is 2. The molecule has 1 rings (SSSR count). The van der Waals surface area contributed by atoms with Gasteiger partial charge in [0.05, 0.1) is 0 Å². The van der Waals surface area contributed by atoms with Gasteiger partial charge in [-0.05, 0) is 33.3 Å². The molecule has 4 nitrogen and oxygen atoms in total. The van der Waals surface area contributed by atoms with E-state index in [1.165, 1.54) is 0 Å². The normalized spacial score (nSPS) is 12.9. The summed E-state index contributed by atoms with van der Waals surface area (Å²) in [4.78, 5) is 11.4. The lowest BCUT2D eigenvalue weighted by Gasteiger charge is -2.21. The summed E-state index contributed by atoms with van der Waals surface area (Å²) in [6.07, 6.45) is -0.472. The van der Waals surface area contributed by atoms with Gasteiger partial charge in [0.1, 0.15) is 5.60 Å². The van der Waals surface area contributed by atoms with Gasteiger partial charge >= 0.3 is 6.09 Å². The van der Waals surface area contributed by atoms with Crippen LogP contribution in [0.2, 0.25) is 0 Å². The Morgan fingerprint density at radius 3 is 2.35 bits per heavy atom. The second-order valence-corrected chi connectivity index (χ2v) is 4.90. The molecule has 1 amide bonds. The Morgan fingerprint density at radius 1 is 1.24 bits per heavy atom. The van der Waals surface area contributed by atoms with E-state index in [0.29, 0.717) is 0 Å². The topological polar surface area (TPSA) is 50.4 Å². The molecular weight excluding hydrogens is 216 g/mol. The number of rotatable bonds is 3. The van der Waals surface area contributed by atoms with Gasteiger partial charge in [0.15, 0.2) is 0 Å². The van der Waals surface area contributed by atoms with Crippen LogP contribution in [-0.2, 0) is 4.74 Å². The Bertz CT molecular complexity index is 357. The first-order valence-corrected chi connectivity index (χ1v) is 5.68. The fourth-order valence-corrected chi connectivity index (χ4v) is 1.30. The molecule has 0 aromatic heterocycles. The monoisotopic (exact) mass is 236 g/mol. The van der Waals surface area contributed by atoms with Crippen molar-refractivity contribution in [2.45, 2.75) is 39.3 Å². The largest absolute Gasteiger partial charge is 0.443 e. The van der Waals surface area contributed by atoms with E-state index >= 15 is 0 Å². The third kappa shape index (κ3) is 5.36. The van der Waals surface area contributed by atoms with Crippen molar-refractivity contribution in [2.24, 2.45) is 0 Å². The van der Waals surface area contributed by atoms with Gasteiger partial charge < -0.3 is 4.74 Å². The quantitative estimate of drug-likeness (QED) is 0.793. The van der Waals surface area contributed by atoms with Crippen LogP contribution < -0.4 is 10.9 Å². The summed E-state index contributed by atoms with van der Waals surface area (Å²) in [5.41, 5.74) is 6.04. The Morgan fingerprint density at radius 2 is 1.82 bits per heavy atom. The number of nitrogens with one attached hydrogen (secondary N) is 2. The summed E-state index contributed by atoms with van der Waals surface area (Å²) in [6, 6.07) is 9.89. The zero-order chi connectivity index (χ0) is 12.9. The van der Waals surface area contributed by atoms with Crippen LogP contribution in [0.4, 0.5) is 4.79 Å². The molecule has 0 heterocycles. The Balaban J connectivity index is 2.39. The number of hydrogen-bond acceptors (Lipinski definition) is 3. The molecule has 2 N–H and O–H groups in total. The SMILES string of the molecule is CC(NNC(=O)OC(C)(C)C)c1ccccc1. The molecule has 4 heteroatoms. The van der Waals surface area contributed by atoms with Crippen molar-refractivity contribution < 1.29 is 9.53 Å². The van der Waals surface area contributed by atoms with Crippen molar-refractivity contribution in [1.29, 1.82) is 0 Å². The lowest BCUT2D eigenvalue weighted by atomic mass is 10.1.